The van der Waals surface area contributed by atoms with E-state index < -0.39 is 32.0 Å². The molecule has 9 nitrogen and oxygen atoms in total. The molecule has 0 aliphatic carbocycles. The van der Waals surface area contributed by atoms with Crippen LogP contribution in [0.2, 0.25) is 5.02 Å². The van der Waals surface area contributed by atoms with Gasteiger partial charge in [0.25, 0.3) is 5.01 Å². The fourth-order valence-electron chi connectivity index (χ4n) is 3.58. The van der Waals surface area contributed by atoms with E-state index in [1.54, 1.807) is 24.3 Å². The van der Waals surface area contributed by atoms with E-state index in [1.807, 2.05) is 44.0 Å². The van der Waals surface area contributed by atoms with Gasteiger partial charge in [-0.25, -0.2) is 16.8 Å². The average Bonchev–Trinajstić information content (AvgIpc) is 3.22. The number of benzene rings is 2. The Balaban J connectivity index is 1.89. The van der Waals surface area contributed by atoms with E-state index in [-0.39, 0.29) is 6.04 Å². The normalized spacial score (nSPS) is 15.4. The third kappa shape index (κ3) is 5.93. The van der Waals surface area contributed by atoms with Gasteiger partial charge in [0.2, 0.25) is 11.4 Å². The summed E-state index contributed by atoms with van der Waals surface area (Å²) in [6.07, 6.45) is 1.59. The van der Waals surface area contributed by atoms with E-state index in [0.717, 1.165) is 10.4 Å². The zero-order valence-electron chi connectivity index (χ0n) is 18.8. The maximum absolute atomic E-state index is 11.8. The molecule has 14 heteroatoms. The van der Waals surface area contributed by atoms with Crippen LogP contribution in [-0.2, 0) is 26.1 Å². The van der Waals surface area contributed by atoms with Crippen molar-refractivity contribution in [2.24, 2.45) is 0 Å². The first-order valence-corrected chi connectivity index (χ1v) is 15.4. The fourth-order valence-corrected chi connectivity index (χ4v) is 7.33. The molecular formula is C21H21ClN3O6S4-. The number of rotatable bonds is 7. The maximum atomic E-state index is 11.8. The number of fused-ring (bicyclic) bond motifs is 2. The van der Waals surface area contributed by atoms with E-state index in [0.29, 0.717) is 31.2 Å². The van der Waals surface area contributed by atoms with Crippen molar-refractivity contribution in [3.8, 4) is 0 Å². The molecule has 0 spiro atoms. The molecule has 0 radical (unpaired) electrons. The largest absolute Gasteiger partial charge is 0.747 e. The van der Waals surface area contributed by atoms with E-state index in [1.165, 1.54) is 32.6 Å². The lowest BCUT2D eigenvalue weighted by Crippen LogP contribution is -2.39. The summed E-state index contributed by atoms with van der Waals surface area (Å²) in [7, 11) is -7.39. The number of thiazole rings is 1. The summed E-state index contributed by atoms with van der Waals surface area (Å²) in [4.78, 5) is 4.03. The highest BCUT2D eigenvalue weighted by atomic mass is 35.5. The molecule has 2 aromatic carbocycles. The SMILES string of the molecule is CC(C)N(C)c1ccc2sc(/C=C3\Sc4ccc(Cl)cc4N3CS(=O)(=O)[O-])[n+](CS(=O)(=O)[O-])c2c1. The molecule has 0 saturated carbocycles. The highest BCUT2D eigenvalue weighted by Crippen LogP contribution is 2.48. The molecule has 1 aromatic heterocycles. The van der Waals surface area contributed by atoms with Crippen LogP contribution in [-0.4, -0.2) is 44.9 Å². The third-order valence-corrected chi connectivity index (χ3v) is 9.02. The average molecular weight is 575 g/mol. The Labute approximate surface area is 217 Å². The number of aromatic nitrogens is 1. The number of halogens is 1. The first kappa shape index (κ1) is 26.2. The number of anilines is 2. The zero-order chi connectivity index (χ0) is 25.7. The summed E-state index contributed by atoms with van der Waals surface area (Å²) >= 11 is 8.56. The Bertz CT molecular complexity index is 1550. The van der Waals surface area contributed by atoms with Gasteiger partial charge in [-0.15, -0.1) is 0 Å². The Morgan fingerprint density at radius 3 is 2.46 bits per heavy atom. The van der Waals surface area contributed by atoms with Gasteiger partial charge in [-0.1, -0.05) is 34.7 Å². The Morgan fingerprint density at radius 1 is 1.11 bits per heavy atom. The molecule has 2 heterocycles. The van der Waals surface area contributed by atoms with Gasteiger partial charge in [0.15, 0.2) is 10.1 Å². The van der Waals surface area contributed by atoms with Gasteiger partial charge in [-0.05, 0) is 44.2 Å². The Hall–Kier alpha value is -1.87. The number of nitrogens with zero attached hydrogens (tertiary/aromatic N) is 3. The van der Waals surface area contributed by atoms with Gasteiger partial charge in [0.1, 0.15) is 20.7 Å². The topological polar surface area (TPSA) is 125 Å². The number of hydrogen-bond acceptors (Lipinski definition) is 10. The summed E-state index contributed by atoms with van der Waals surface area (Å²) in [5.41, 5.74) is 1.86. The van der Waals surface area contributed by atoms with Crippen LogP contribution >= 0.6 is 34.7 Å². The summed E-state index contributed by atoms with van der Waals surface area (Å²) in [6.45, 7) is 4.04. The van der Waals surface area contributed by atoms with Crippen LogP contribution < -0.4 is 14.4 Å². The van der Waals surface area contributed by atoms with Crippen molar-refractivity contribution in [2.45, 2.75) is 30.7 Å². The molecule has 3 aromatic rings. The molecule has 1 aliphatic heterocycles. The predicted octanol–water partition coefficient (Wildman–Crippen LogP) is 3.60. The van der Waals surface area contributed by atoms with Gasteiger partial charge >= 0.3 is 0 Å². The van der Waals surface area contributed by atoms with Gasteiger partial charge in [0.05, 0.1) is 16.8 Å². The van der Waals surface area contributed by atoms with Crippen molar-refractivity contribution in [1.29, 1.82) is 0 Å². The Morgan fingerprint density at radius 2 is 1.83 bits per heavy atom. The van der Waals surface area contributed by atoms with Gasteiger partial charge in [-0.2, -0.15) is 4.57 Å². The highest BCUT2D eigenvalue weighted by Gasteiger charge is 2.30. The maximum Gasteiger partial charge on any atom is 0.266 e. The monoisotopic (exact) mass is 574 g/mol. The molecule has 4 rings (SSSR count). The minimum absolute atomic E-state index is 0.187. The lowest BCUT2D eigenvalue weighted by Gasteiger charge is -2.23. The van der Waals surface area contributed by atoms with Gasteiger partial charge in [-0.3, -0.25) is 0 Å². The van der Waals surface area contributed by atoms with Crippen molar-refractivity contribution in [1.82, 2.24) is 0 Å². The second-order valence-corrected chi connectivity index (χ2v) is 13.5. The molecule has 188 valence electrons. The fraction of sp³-hybridized carbons (Fsp3) is 0.286. The highest BCUT2D eigenvalue weighted by molar-refractivity contribution is 8.04. The number of thioether (sulfide) groups is 1. The van der Waals surface area contributed by atoms with Crippen molar-refractivity contribution in [3.63, 3.8) is 0 Å². The molecule has 0 atom stereocenters. The molecule has 0 unspecified atom stereocenters. The van der Waals surface area contributed by atoms with Crippen LogP contribution in [0.4, 0.5) is 11.4 Å². The quantitative estimate of drug-likeness (QED) is 0.307. The van der Waals surface area contributed by atoms with Crippen LogP contribution in [0.1, 0.15) is 18.9 Å². The van der Waals surface area contributed by atoms with Crippen molar-refractivity contribution >= 4 is 82.6 Å². The van der Waals surface area contributed by atoms with Gasteiger partial charge in [0, 0.05) is 34.8 Å². The van der Waals surface area contributed by atoms with Crippen LogP contribution in [0.25, 0.3) is 16.3 Å². The first-order valence-electron chi connectivity index (χ1n) is 10.2. The van der Waals surface area contributed by atoms with E-state index >= 15 is 0 Å². The summed E-state index contributed by atoms with van der Waals surface area (Å²) < 4.78 is 72.4. The first-order chi connectivity index (χ1) is 16.2. The van der Waals surface area contributed by atoms with Crippen LogP contribution in [0, 0.1) is 0 Å². The molecular weight excluding hydrogens is 554 g/mol. The van der Waals surface area contributed by atoms with Crippen LogP contribution in [0.5, 0.6) is 0 Å². The summed E-state index contributed by atoms with van der Waals surface area (Å²) in [5.74, 6) is -1.63. The van der Waals surface area contributed by atoms with Gasteiger partial charge < -0.3 is 18.9 Å². The molecule has 0 fully saturated rings. The molecule has 35 heavy (non-hydrogen) atoms. The molecule has 0 amide bonds. The van der Waals surface area contributed by atoms with Crippen molar-refractivity contribution < 1.29 is 30.5 Å². The molecule has 0 bridgehead atoms. The molecule has 0 saturated heterocycles. The summed E-state index contributed by atoms with van der Waals surface area (Å²) in [5, 5.41) is 1.18. The third-order valence-electron chi connectivity index (χ3n) is 5.41. The second-order valence-electron chi connectivity index (χ2n) is 8.22. The zero-order valence-corrected chi connectivity index (χ0v) is 22.9. The standard InChI is InChI=1S/C21H22ClN3O6S4/c1-13(2)23(3)15-5-7-19-17(9-15)25(12-35(29,30)31)21(33-19)10-20-24(11-34(26,27)28)16-8-14(22)4-6-18(16)32-20/h4-10,13H,11-12H2,1-3H3,(H-,26,27,28,29,30,31)/p-1. The van der Waals surface area contributed by atoms with Crippen LogP contribution in [0.15, 0.2) is 46.3 Å². The lowest BCUT2D eigenvalue weighted by molar-refractivity contribution is -0.649. The smallest absolute Gasteiger partial charge is 0.266 e. The predicted molar refractivity (Wildman–Crippen MR) is 138 cm³/mol. The van der Waals surface area contributed by atoms with Crippen molar-refractivity contribution in [3.05, 3.63) is 51.5 Å². The Kier molecular flexibility index (Phi) is 7.14. The van der Waals surface area contributed by atoms with E-state index in [4.69, 9.17) is 11.6 Å². The second kappa shape index (κ2) is 9.54. The lowest BCUT2D eigenvalue weighted by atomic mass is 10.2. The van der Waals surface area contributed by atoms with E-state index in [9.17, 15) is 25.9 Å². The molecule has 1 aliphatic rings. The summed E-state index contributed by atoms with van der Waals surface area (Å²) in [6, 6.07) is 10.7. The minimum Gasteiger partial charge on any atom is -0.747 e. The minimum atomic E-state index is -4.65. The van der Waals surface area contributed by atoms with Crippen LogP contribution in [0.3, 0.4) is 0 Å². The van der Waals surface area contributed by atoms with E-state index in [2.05, 4.69) is 0 Å². The molecule has 0 N–H and O–H groups in total. The van der Waals surface area contributed by atoms with Crippen molar-refractivity contribution in [2.75, 3.05) is 22.7 Å². The number of hydrogen-bond donors (Lipinski definition) is 0.